The molecule has 0 aromatic heterocycles. The lowest BCUT2D eigenvalue weighted by molar-refractivity contribution is -0.142. The van der Waals surface area contributed by atoms with Crippen LogP contribution in [0, 0.1) is 0 Å². The number of rotatable bonds is 9. The number of amides is 1. The Morgan fingerprint density at radius 3 is 2.24 bits per heavy atom. The second-order valence-electron chi connectivity index (χ2n) is 7.08. The third-order valence-electron chi connectivity index (χ3n) is 5.01. The molecule has 3 rings (SSSR count). The monoisotopic (exact) mass is 456 g/mol. The zero-order chi connectivity index (χ0) is 23.6. The standard InChI is InChI=1S/C24H28N2O7/c1-29-20-15-22(31-3)21(30-2)14-17(20)4-9-24(28)33-16-23(27)25-18-5-7-19(8-6-18)26-10-12-32-13-11-26/h4-9,14-15H,10-13,16H2,1-3H3,(H,25,27)/b9-4+. The molecule has 33 heavy (non-hydrogen) atoms. The van der Waals surface area contributed by atoms with E-state index in [1.54, 1.807) is 12.1 Å². The van der Waals surface area contributed by atoms with E-state index in [4.69, 9.17) is 23.7 Å². The maximum Gasteiger partial charge on any atom is 0.331 e. The maximum atomic E-state index is 12.1. The van der Waals surface area contributed by atoms with Crippen molar-refractivity contribution in [2.24, 2.45) is 0 Å². The third kappa shape index (κ3) is 6.63. The SMILES string of the molecule is COc1cc(OC)c(OC)cc1/C=C/C(=O)OCC(=O)Nc1ccc(N2CCOCC2)cc1. The van der Waals surface area contributed by atoms with E-state index in [1.165, 1.54) is 33.5 Å². The topological polar surface area (TPSA) is 95.6 Å². The first-order valence-corrected chi connectivity index (χ1v) is 10.4. The van der Waals surface area contributed by atoms with Gasteiger partial charge in [-0.1, -0.05) is 0 Å². The Morgan fingerprint density at radius 1 is 0.970 bits per heavy atom. The van der Waals surface area contributed by atoms with E-state index in [-0.39, 0.29) is 0 Å². The lowest BCUT2D eigenvalue weighted by atomic mass is 10.1. The molecule has 2 aromatic rings. The Hall–Kier alpha value is -3.72. The number of carbonyl (C=O) groups is 2. The zero-order valence-corrected chi connectivity index (χ0v) is 19.0. The number of benzene rings is 2. The summed E-state index contributed by atoms with van der Waals surface area (Å²) in [7, 11) is 4.54. The summed E-state index contributed by atoms with van der Waals surface area (Å²) in [6.07, 6.45) is 2.74. The zero-order valence-electron chi connectivity index (χ0n) is 19.0. The number of hydrogen-bond acceptors (Lipinski definition) is 8. The molecule has 0 saturated carbocycles. The molecule has 176 valence electrons. The van der Waals surface area contributed by atoms with Crippen molar-refractivity contribution >= 4 is 29.3 Å². The normalized spacial score (nSPS) is 13.5. The van der Waals surface area contributed by atoms with Crippen LogP contribution in [0.15, 0.2) is 42.5 Å². The van der Waals surface area contributed by atoms with E-state index in [0.29, 0.717) is 41.7 Å². The number of anilines is 2. The minimum Gasteiger partial charge on any atom is -0.496 e. The summed E-state index contributed by atoms with van der Waals surface area (Å²) in [5, 5.41) is 2.71. The van der Waals surface area contributed by atoms with Gasteiger partial charge in [-0.2, -0.15) is 0 Å². The van der Waals surface area contributed by atoms with Crippen molar-refractivity contribution in [3.8, 4) is 17.2 Å². The van der Waals surface area contributed by atoms with E-state index in [0.717, 1.165) is 18.8 Å². The molecule has 1 N–H and O–H groups in total. The van der Waals surface area contributed by atoms with Crippen molar-refractivity contribution in [3.63, 3.8) is 0 Å². The molecule has 1 aliphatic rings. The van der Waals surface area contributed by atoms with Crippen molar-refractivity contribution in [1.82, 2.24) is 0 Å². The van der Waals surface area contributed by atoms with Crippen molar-refractivity contribution in [3.05, 3.63) is 48.0 Å². The van der Waals surface area contributed by atoms with Crippen LogP contribution in [-0.4, -0.2) is 66.1 Å². The summed E-state index contributed by atoms with van der Waals surface area (Å²) in [4.78, 5) is 26.4. The van der Waals surface area contributed by atoms with Crippen molar-refractivity contribution < 1.29 is 33.3 Å². The number of methoxy groups -OCH3 is 3. The van der Waals surface area contributed by atoms with E-state index in [9.17, 15) is 9.59 Å². The Labute approximate surface area is 192 Å². The molecule has 1 fully saturated rings. The first kappa shape index (κ1) is 23.9. The lowest BCUT2D eigenvalue weighted by Crippen LogP contribution is -2.36. The van der Waals surface area contributed by atoms with Crippen LogP contribution in [0.2, 0.25) is 0 Å². The molecular formula is C24H28N2O7. The van der Waals surface area contributed by atoms with Crippen LogP contribution in [0.25, 0.3) is 6.08 Å². The first-order chi connectivity index (χ1) is 16.0. The molecule has 0 aliphatic carbocycles. The van der Waals surface area contributed by atoms with Crippen molar-refractivity contribution in [2.75, 3.05) is 64.5 Å². The van der Waals surface area contributed by atoms with Crippen molar-refractivity contribution in [2.45, 2.75) is 0 Å². The van der Waals surface area contributed by atoms with Crippen molar-refractivity contribution in [1.29, 1.82) is 0 Å². The molecule has 0 radical (unpaired) electrons. The summed E-state index contributed by atoms with van der Waals surface area (Å²) in [5.41, 5.74) is 2.29. The van der Waals surface area contributed by atoms with Crippen LogP contribution in [0.3, 0.4) is 0 Å². The molecule has 9 heteroatoms. The highest BCUT2D eigenvalue weighted by molar-refractivity contribution is 5.95. The quantitative estimate of drug-likeness (QED) is 0.455. The summed E-state index contributed by atoms with van der Waals surface area (Å²) < 4.78 is 26.2. The largest absolute Gasteiger partial charge is 0.496 e. The predicted molar refractivity (Wildman–Crippen MR) is 124 cm³/mol. The predicted octanol–water partition coefficient (Wildman–Crippen LogP) is 2.74. The summed E-state index contributed by atoms with van der Waals surface area (Å²) in [5.74, 6) is 0.397. The number of nitrogens with zero attached hydrogens (tertiary/aromatic N) is 1. The molecule has 0 atom stereocenters. The van der Waals surface area contributed by atoms with Crippen LogP contribution >= 0.6 is 0 Å². The number of hydrogen-bond donors (Lipinski definition) is 1. The Balaban J connectivity index is 1.51. The Kier molecular flexibility index (Phi) is 8.54. The van der Waals surface area contributed by atoms with Crippen LogP contribution in [0.4, 0.5) is 11.4 Å². The Bertz CT molecular complexity index is 983. The van der Waals surface area contributed by atoms with Gasteiger partial charge in [-0.25, -0.2) is 4.79 Å². The second-order valence-corrected chi connectivity index (χ2v) is 7.08. The molecule has 1 amide bonds. The number of carbonyl (C=O) groups excluding carboxylic acids is 2. The molecule has 0 spiro atoms. The molecule has 0 bridgehead atoms. The second kappa shape index (κ2) is 11.8. The molecule has 1 aliphatic heterocycles. The molecular weight excluding hydrogens is 428 g/mol. The van der Waals surface area contributed by atoms with Gasteiger partial charge in [-0.3, -0.25) is 4.79 Å². The maximum absolute atomic E-state index is 12.1. The van der Waals surface area contributed by atoms with Gasteiger partial charge >= 0.3 is 5.97 Å². The fourth-order valence-corrected chi connectivity index (χ4v) is 3.30. The highest BCUT2D eigenvalue weighted by atomic mass is 16.5. The van der Waals surface area contributed by atoms with Gasteiger partial charge in [0.2, 0.25) is 0 Å². The molecule has 9 nitrogen and oxygen atoms in total. The fraction of sp³-hybridized carbons (Fsp3) is 0.333. The van der Waals surface area contributed by atoms with E-state index in [2.05, 4.69) is 10.2 Å². The number of esters is 1. The molecule has 2 aromatic carbocycles. The average molecular weight is 456 g/mol. The summed E-state index contributed by atoms with van der Waals surface area (Å²) in [6, 6.07) is 10.8. The van der Waals surface area contributed by atoms with Gasteiger partial charge in [0.05, 0.1) is 34.5 Å². The first-order valence-electron chi connectivity index (χ1n) is 10.4. The van der Waals surface area contributed by atoms with Gasteiger partial charge in [0, 0.05) is 42.2 Å². The van der Waals surface area contributed by atoms with Crippen LogP contribution in [0.1, 0.15) is 5.56 Å². The smallest absolute Gasteiger partial charge is 0.331 e. The van der Waals surface area contributed by atoms with E-state index >= 15 is 0 Å². The average Bonchev–Trinajstić information content (AvgIpc) is 2.86. The number of nitrogens with one attached hydrogen (secondary N) is 1. The summed E-state index contributed by atoms with van der Waals surface area (Å²) in [6.45, 7) is 2.68. The van der Waals surface area contributed by atoms with Gasteiger partial charge in [-0.15, -0.1) is 0 Å². The van der Waals surface area contributed by atoms with Crippen LogP contribution in [-0.2, 0) is 19.1 Å². The lowest BCUT2D eigenvalue weighted by Gasteiger charge is -2.28. The third-order valence-corrected chi connectivity index (χ3v) is 5.01. The van der Waals surface area contributed by atoms with E-state index < -0.39 is 18.5 Å². The summed E-state index contributed by atoms with van der Waals surface area (Å²) >= 11 is 0. The number of ether oxygens (including phenoxy) is 5. The van der Waals surface area contributed by atoms with E-state index in [1.807, 2.05) is 24.3 Å². The Morgan fingerprint density at radius 2 is 1.61 bits per heavy atom. The van der Waals surface area contributed by atoms with Crippen LogP contribution in [0.5, 0.6) is 17.2 Å². The van der Waals surface area contributed by atoms with Gasteiger partial charge in [0.15, 0.2) is 18.1 Å². The molecule has 1 heterocycles. The van der Waals surface area contributed by atoms with Crippen LogP contribution < -0.4 is 24.4 Å². The minimum atomic E-state index is -0.662. The van der Waals surface area contributed by atoms with Gasteiger partial charge < -0.3 is 33.9 Å². The molecule has 1 saturated heterocycles. The van der Waals surface area contributed by atoms with Gasteiger partial charge in [0.1, 0.15) is 5.75 Å². The highest BCUT2D eigenvalue weighted by Crippen LogP contribution is 2.35. The number of morpholine rings is 1. The minimum absolute atomic E-state index is 0.405. The van der Waals surface area contributed by atoms with Gasteiger partial charge in [-0.05, 0) is 36.4 Å². The van der Waals surface area contributed by atoms with Gasteiger partial charge in [0.25, 0.3) is 5.91 Å². The molecule has 0 unspecified atom stereocenters. The fourth-order valence-electron chi connectivity index (χ4n) is 3.30. The highest BCUT2D eigenvalue weighted by Gasteiger charge is 2.13.